The summed E-state index contributed by atoms with van der Waals surface area (Å²) >= 11 is 6.15. The molecule has 3 rings (SSSR count). The molecule has 3 nitrogen and oxygen atoms in total. The van der Waals surface area contributed by atoms with Gasteiger partial charge in [-0.05, 0) is 66.5 Å². The first-order valence-electron chi connectivity index (χ1n) is 9.70. The summed E-state index contributed by atoms with van der Waals surface area (Å²) < 4.78 is 24.1. The Hall–Kier alpha value is -1.36. The molecule has 0 saturated heterocycles. The van der Waals surface area contributed by atoms with E-state index >= 15 is 0 Å². The van der Waals surface area contributed by atoms with Crippen LogP contribution in [0, 0.1) is 0 Å². The van der Waals surface area contributed by atoms with E-state index in [9.17, 15) is 8.42 Å². The zero-order valence-electron chi connectivity index (χ0n) is 15.8. The molecule has 0 aliphatic heterocycles. The van der Waals surface area contributed by atoms with Gasteiger partial charge >= 0.3 is 0 Å². The molecule has 0 saturated carbocycles. The smallest absolute Gasteiger partial charge is 0.150 e. The van der Waals surface area contributed by atoms with E-state index in [0.29, 0.717) is 12.8 Å². The zero-order chi connectivity index (χ0) is 19.4. The van der Waals surface area contributed by atoms with E-state index in [0.717, 1.165) is 29.8 Å². The van der Waals surface area contributed by atoms with Crippen molar-refractivity contribution in [3.8, 4) is 0 Å². The Morgan fingerprint density at radius 3 is 2.67 bits per heavy atom. The van der Waals surface area contributed by atoms with Gasteiger partial charge in [-0.25, -0.2) is 8.42 Å². The van der Waals surface area contributed by atoms with E-state index in [2.05, 4.69) is 24.3 Å². The predicted octanol–water partition coefficient (Wildman–Crippen LogP) is 4.31. The normalized spacial score (nSPS) is 19.7. The predicted molar refractivity (Wildman–Crippen MR) is 113 cm³/mol. The quantitative estimate of drug-likeness (QED) is 0.746. The minimum atomic E-state index is -2.97. The maximum atomic E-state index is 12.0. The van der Waals surface area contributed by atoms with Gasteiger partial charge in [0.2, 0.25) is 0 Å². The summed E-state index contributed by atoms with van der Waals surface area (Å²) in [4.78, 5) is 0. The molecule has 2 aromatic carbocycles. The van der Waals surface area contributed by atoms with E-state index in [1.165, 1.54) is 16.7 Å². The minimum Gasteiger partial charge on any atom is -0.327 e. The number of benzene rings is 2. The standard InChI is InChI=1S/C22H28ClNO2S/c1-2-11-27(25,26)12-10-16-6-7-18-8-9-22(24)21(20(18)14-16)15-17-4-3-5-19(23)13-17/h3-7,13-14,21-22H,2,8-12,15,24H2,1H3. The van der Waals surface area contributed by atoms with Crippen molar-refractivity contribution in [1.29, 1.82) is 0 Å². The van der Waals surface area contributed by atoms with E-state index in [4.69, 9.17) is 17.3 Å². The van der Waals surface area contributed by atoms with Crippen molar-refractivity contribution >= 4 is 21.4 Å². The molecule has 0 bridgehead atoms. The van der Waals surface area contributed by atoms with Crippen LogP contribution in [0.2, 0.25) is 5.02 Å². The molecule has 1 aliphatic rings. The summed E-state index contributed by atoms with van der Waals surface area (Å²) in [6, 6.07) is 14.5. The molecule has 0 radical (unpaired) electrons. The van der Waals surface area contributed by atoms with Crippen LogP contribution in [0.3, 0.4) is 0 Å². The molecule has 1 aliphatic carbocycles. The number of fused-ring (bicyclic) bond motifs is 1. The third kappa shape index (κ3) is 5.34. The fourth-order valence-corrected chi connectivity index (χ4v) is 5.58. The number of nitrogens with two attached hydrogens (primary N) is 1. The van der Waals surface area contributed by atoms with Gasteiger partial charge in [0.05, 0.1) is 5.75 Å². The topological polar surface area (TPSA) is 60.2 Å². The van der Waals surface area contributed by atoms with Crippen molar-refractivity contribution in [1.82, 2.24) is 0 Å². The average molecular weight is 406 g/mol. The molecule has 2 unspecified atom stereocenters. The van der Waals surface area contributed by atoms with Gasteiger partial charge in [0.1, 0.15) is 0 Å². The average Bonchev–Trinajstić information content (AvgIpc) is 2.62. The Morgan fingerprint density at radius 1 is 1.11 bits per heavy atom. The van der Waals surface area contributed by atoms with Crippen LogP contribution in [0.5, 0.6) is 0 Å². The molecule has 0 heterocycles. The van der Waals surface area contributed by atoms with Crippen LogP contribution in [0.15, 0.2) is 42.5 Å². The molecule has 0 fully saturated rings. The van der Waals surface area contributed by atoms with Gasteiger partial charge in [-0.2, -0.15) is 0 Å². The van der Waals surface area contributed by atoms with Crippen molar-refractivity contribution in [3.63, 3.8) is 0 Å². The Labute approximate surface area is 167 Å². The second-order valence-corrected chi connectivity index (χ2v) is 10.3. The lowest BCUT2D eigenvalue weighted by atomic mass is 9.76. The Kier molecular flexibility index (Phi) is 6.61. The molecular weight excluding hydrogens is 378 g/mol. The van der Waals surface area contributed by atoms with E-state index in [1.807, 2.05) is 25.1 Å². The van der Waals surface area contributed by atoms with Gasteiger partial charge < -0.3 is 5.73 Å². The molecular formula is C22H28ClNO2S. The maximum Gasteiger partial charge on any atom is 0.150 e. The van der Waals surface area contributed by atoms with Crippen molar-refractivity contribution in [3.05, 3.63) is 69.7 Å². The summed E-state index contributed by atoms with van der Waals surface area (Å²) in [5.74, 6) is 0.713. The number of rotatable bonds is 7. The largest absolute Gasteiger partial charge is 0.327 e. The third-order valence-electron chi connectivity index (χ3n) is 5.44. The number of aryl methyl sites for hydroxylation is 2. The van der Waals surface area contributed by atoms with Crippen molar-refractivity contribution in [2.45, 2.75) is 51.0 Å². The number of sulfone groups is 1. The Balaban J connectivity index is 1.82. The Morgan fingerprint density at radius 2 is 1.93 bits per heavy atom. The van der Waals surface area contributed by atoms with Gasteiger partial charge in [-0.3, -0.25) is 0 Å². The molecule has 2 atom stereocenters. The van der Waals surface area contributed by atoms with Gasteiger partial charge in [0.15, 0.2) is 9.84 Å². The van der Waals surface area contributed by atoms with Gasteiger partial charge in [0, 0.05) is 22.7 Å². The van der Waals surface area contributed by atoms with Crippen molar-refractivity contribution in [2.75, 3.05) is 11.5 Å². The molecule has 27 heavy (non-hydrogen) atoms. The van der Waals surface area contributed by atoms with Crippen LogP contribution in [0.4, 0.5) is 0 Å². The second kappa shape index (κ2) is 8.76. The summed E-state index contributed by atoms with van der Waals surface area (Å²) in [5.41, 5.74) is 11.4. The minimum absolute atomic E-state index is 0.107. The summed E-state index contributed by atoms with van der Waals surface area (Å²) in [6.07, 6.45) is 4.05. The second-order valence-electron chi connectivity index (χ2n) is 7.58. The van der Waals surface area contributed by atoms with Crippen molar-refractivity contribution in [2.24, 2.45) is 5.73 Å². The van der Waals surface area contributed by atoms with Crippen LogP contribution in [0.25, 0.3) is 0 Å². The molecule has 5 heteroatoms. The molecule has 2 aromatic rings. The third-order valence-corrected chi connectivity index (χ3v) is 7.53. The number of halogens is 1. The number of hydrogen-bond donors (Lipinski definition) is 1. The Bertz CT molecular complexity index is 895. The van der Waals surface area contributed by atoms with E-state index in [1.54, 1.807) is 0 Å². The monoisotopic (exact) mass is 405 g/mol. The maximum absolute atomic E-state index is 12.0. The lowest BCUT2D eigenvalue weighted by molar-refractivity contribution is 0.467. The van der Waals surface area contributed by atoms with Crippen LogP contribution in [-0.4, -0.2) is 26.0 Å². The van der Waals surface area contributed by atoms with Gasteiger partial charge in [-0.1, -0.05) is 48.9 Å². The lowest BCUT2D eigenvalue weighted by Crippen LogP contribution is -2.34. The molecule has 0 aromatic heterocycles. The lowest BCUT2D eigenvalue weighted by Gasteiger charge is -2.32. The first-order chi connectivity index (χ1) is 12.9. The van der Waals surface area contributed by atoms with Crippen LogP contribution in [-0.2, 0) is 29.1 Å². The highest BCUT2D eigenvalue weighted by molar-refractivity contribution is 7.91. The van der Waals surface area contributed by atoms with E-state index < -0.39 is 9.84 Å². The summed E-state index contributed by atoms with van der Waals surface area (Å²) in [6.45, 7) is 1.90. The first kappa shape index (κ1) is 20.4. The first-order valence-corrected chi connectivity index (χ1v) is 11.9. The van der Waals surface area contributed by atoms with Crippen LogP contribution >= 0.6 is 11.6 Å². The number of hydrogen-bond acceptors (Lipinski definition) is 3. The zero-order valence-corrected chi connectivity index (χ0v) is 17.4. The summed E-state index contributed by atoms with van der Waals surface area (Å²) in [5, 5.41) is 0.743. The highest BCUT2D eigenvalue weighted by atomic mass is 35.5. The molecule has 2 N–H and O–H groups in total. The SMILES string of the molecule is CCCS(=O)(=O)CCc1ccc2c(c1)C(Cc1cccc(Cl)c1)C(N)CC2. The molecule has 0 spiro atoms. The van der Waals surface area contributed by atoms with Gasteiger partial charge in [0.25, 0.3) is 0 Å². The highest BCUT2D eigenvalue weighted by Gasteiger charge is 2.27. The fourth-order valence-electron chi connectivity index (χ4n) is 3.99. The molecule has 0 amide bonds. The van der Waals surface area contributed by atoms with Crippen LogP contribution < -0.4 is 5.73 Å². The van der Waals surface area contributed by atoms with E-state index in [-0.39, 0.29) is 23.5 Å². The van der Waals surface area contributed by atoms with Gasteiger partial charge in [-0.15, -0.1) is 0 Å². The van der Waals surface area contributed by atoms with Crippen molar-refractivity contribution < 1.29 is 8.42 Å². The van der Waals surface area contributed by atoms with Crippen LogP contribution in [0.1, 0.15) is 47.9 Å². The molecule has 146 valence electrons. The fraction of sp³-hybridized carbons (Fsp3) is 0.455. The highest BCUT2D eigenvalue weighted by Crippen LogP contribution is 2.34. The summed E-state index contributed by atoms with van der Waals surface area (Å²) in [7, 11) is -2.97.